The van der Waals surface area contributed by atoms with Crippen molar-refractivity contribution in [2.45, 2.75) is 12.8 Å². The summed E-state index contributed by atoms with van der Waals surface area (Å²) in [5, 5.41) is 18.3. The fourth-order valence-corrected chi connectivity index (χ4v) is 2.42. The van der Waals surface area contributed by atoms with Crippen LogP contribution in [0.3, 0.4) is 0 Å². The molecule has 0 bridgehead atoms. The Hall–Kier alpha value is -1.88. The molecule has 1 atom stereocenters. The quantitative estimate of drug-likeness (QED) is 0.859. The fraction of sp³-hybridized carbons (Fsp3) is 0.429. The lowest BCUT2D eigenvalue weighted by Gasteiger charge is -2.32. The molecule has 0 unspecified atom stereocenters. The number of nitrogens with zero attached hydrogens (tertiary/aromatic N) is 1. The van der Waals surface area contributed by atoms with E-state index < -0.39 is 5.97 Å². The normalized spacial score (nSPS) is 19.2. The van der Waals surface area contributed by atoms with Gasteiger partial charge in [-0.2, -0.15) is 0 Å². The van der Waals surface area contributed by atoms with E-state index >= 15 is 0 Å². The number of amides is 1. The molecule has 2 N–H and O–H groups in total. The molecule has 1 fully saturated rings. The Balaban J connectivity index is 2.22. The summed E-state index contributed by atoms with van der Waals surface area (Å²) in [7, 11) is 0. The van der Waals surface area contributed by atoms with Gasteiger partial charge in [-0.25, -0.2) is 4.79 Å². The van der Waals surface area contributed by atoms with Crippen LogP contribution in [0.1, 0.15) is 33.6 Å². The van der Waals surface area contributed by atoms with Crippen LogP contribution in [0.2, 0.25) is 0 Å². The maximum atomic E-state index is 12.4. The molecular formula is C14H17NO4. The van der Waals surface area contributed by atoms with Crippen molar-refractivity contribution in [3.05, 3.63) is 35.4 Å². The van der Waals surface area contributed by atoms with Crippen LogP contribution in [0.4, 0.5) is 0 Å². The number of aliphatic hydroxyl groups is 1. The first-order chi connectivity index (χ1) is 9.13. The number of hydrogen-bond donors (Lipinski definition) is 2. The van der Waals surface area contributed by atoms with E-state index in [1.54, 1.807) is 17.0 Å². The molecule has 2 rings (SSSR count). The number of carbonyl (C=O) groups is 2. The van der Waals surface area contributed by atoms with Gasteiger partial charge in [-0.3, -0.25) is 4.79 Å². The van der Waals surface area contributed by atoms with Gasteiger partial charge >= 0.3 is 5.97 Å². The second-order valence-electron chi connectivity index (χ2n) is 4.79. The molecule has 0 radical (unpaired) electrons. The summed E-state index contributed by atoms with van der Waals surface area (Å²) in [4.78, 5) is 25.1. The molecule has 102 valence electrons. The van der Waals surface area contributed by atoms with E-state index in [4.69, 9.17) is 5.11 Å². The molecule has 1 heterocycles. The number of benzene rings is 1. The van der Waals surface area contributed by atoms with Crippen molar-refractivity contribution in [3.8, 4) is 0 Å². The number of piperidine rings is 1. The Labute approximate surface area is 111 Å². The lowest BCUT2D eigenvalue weighted by Crippen LogP contribution is -2.41. The van der Waals surface area contributed by atoms with Gasteiger partial charge in [0.25, 0.3) is 5.91 Å². The van der Waals surface area contributed by atoms with Gasteiger partial charge in [0.05, 0.1) is 11.1 Å². The number of likely N-dealkylation sites (tertiary alicyclic amines) is 1. The summed E-state index contributed by atoms with van der Waals surface area (Å²) in [6.45, 7) is 1.16. The zero-order valence-corrected chi connectivity index (χ0v) is 10.6. The average Bonchev–Trinajstić information content (AvgIpc) is 2.46. The first kappa shape index (κ1) is 13.5. The van der Waals surface area contributed by atoms with E-state index in [9.17, 15) is 14.7 Å². The van der Waals surface area contributed by atoms with E-state index in [2.05, 4.69) is 0 Å². The zero-order valence-electron chi connectivity index (χ0n) is 10.6. The van der Waals surface area contributed by atoms with Crippen LogP contribution in [0.15, 0.2) is 24.3 Å². The summed E-state index contributed by atoms with van der Waals surface area (Å²) in [6.07, 6.45) is 1.74. The molecule has 1 aliphatic heterocycles. The first-order valence-electron chi connectivity index (χ1n) is 6.36. The Morgan fingerprint density at radius 3 is 2.58 bits per heavy atom. The van der Waals surface area contributed by atoms with E-state index in [-0.39, 0.29) is 29.6 Å². The topological polar surface area (TPSA) is 77.8 Å². The van der Waals surface area contributed by atoms with Gasteiger partial charge in [-0.15, -0.1) is 0 Å². The van der Waals surface area contributed by atoms with Gasteiger partial charge in [-0.1, -0.05) is 12.1 Å². The van der Waals surface area contributed by atoms with Crippen molar-refractivity contribution in [2.24, 2.45) is 5.92 Å². The van der Waals surface area contributed by atoms with E-state index in [0.717, 1.165) is 12.8 Å². The van der Waals surface area contributed by atoms with Crippen molar-refractivity contribution in [1.29, 1.82) is 0 Å². The summed E-state index contributed by atoms with van der Waals surface area (Å²) in [5.41, 5.74) is 0.243. The third-order valence-corrected chi connectivity index (χ3v) is 3.45. The molecule has 1 aliphatic rings. The number of rotatable bonds is 3. The van der Waals surface area contributed by atoms with Crippen LogP contribution < -0.4 is 0 Å². The molecule has 0 aliphatic carbocycles. The van der Waals surface area contributed by atoms with Gasteiger partial charge in [0.1, 0.15) is 0 Å². The number of carbonyl (C=O) groups excluding carboxylic acids is 1. The minimum absolute atomic E-state index is 0.0265. The molecule has 0 saturated carbocycles. The third-order valence-electron chi connectivity index (χ3n) is 3.45. The third kappa shape index (κ3) is 2.93. The molecule has 1 saturated heterocycles. The Morgan fingerprint density at radius 2 is 1.95 bits per heavy atom. The molecular weight excluding hydrogens is 246 g/mol. The molecule has 1 aromatic carbocycles. The predicted octanol–water partition coefficient (Wildman–Crippen LogP) is 1.23. The highest BCUT2D eigenvalue weighted by molar-refractivity contribution is 6.04. The van der Waals surface area contributed by atoms with Crippen LogP contribution in [-0.2, 0) is 0 Å². The van der Waals surface area contributed by atoms with Crippen LogP contribution >= 0.6 is 0 Å². The summed E-state index contributed by atoms with van der Waals surface area (Å²) in [6, 6.07) is 6.23. The molecule has 5 nitrogen and oxygen atoms in total. The molecule has 1 amide bonds. The number of hydrogen-bond acceptors (Lipinski definition) is 3. The molecule has 0 spiro atoms. The average molecular weight is 263 g/mol. The molecule has 5 heteroatoms. The zero-order chi connectivity index (χ0) is 13.8. The maximum absolute atomic E-state index is 12.4. The largest absolute Gasteiger partial charge is 0.478 e. The molecule has 19 heavy (non-hydrogen) atoms. The second-order valence-corrected chi connectivity index (χ2v) is 4.79. The van der Waals surface area contributed by atoms with Crippen molar-refractivity contribution in [1.82, 2.24) is 4.90 Å². The van der Waals surface area contributed by atoms with Gasteiger partial charge in [0.15, 0.2) is 0 Å². The summed E-state index contributed by atoms with van der Waals surface area (Å²) < 4.78 is 0. The van der Waals surface area contributed by atoms with Crippen molar-refractivity contribution >= 4 is 11.9 Å². The SMILES string of the molecule is O=C(O)c1ccccc1C(=O)N1CCC[C@H](CO)C1. The Kier molecular flexibility index (Phi) is 4.16. The van der Waals surface area contributed by atoms with Crippen molar-refractivity contribution in [3.63, 3.8) is 0 Å². The van der Waals surface area contributed by atoms with Crippen LogP contribution in [0.25, 0.3) is 0 Å². The van der Waals surface area contributed by atoms with Gasteiger partial charge < -0.3 is 15.1 Å². The standard InChI is InChI=1S/C14H17NO4/c16-9-10-4-3-7-15(8-10)13(17)11-5-1-2-6-12(11)14(18)19/h1-2,5-6,10,16H,3-4,7-9H2,(H,18,19)/t10-/m0/s1. The summed E-state index contributed by atoms with van der Waals surface area (Å²) in [5.74, 6) is -1.27. The lowest BCUT2D eigenvalue weighted by molar-refractivity contribution is 0.0602. The fourth-order valence-electron chi connectivity index (χ4n) is 2.42. The number of carboxylic acid groups (broad SMARTS) is 1. The first-order valence-corrected chi connectivity index (χ1v) is 6.36. The number of carboxylic acids is 1. The maximum Gasteiger partial charge on any atom is 0.336 e. The lowest BCUT2D eigenvalue weighted by atomic mass is 9.97. The molecule has 0 aromatic heterocycles. The predicted molar refractivity (Wildman–Crippen MR) is 69.1 cm³/mol. The Morgan fingerprint density at radius 1 is 1.26 bits per heavy atom. The van der Waals surface area contributed by atoms with Crippen molar-refractivity contribution in [2.75, 3.05) is 19.7 Å². The number of aromatic carboxylic acids is 1. The summed E-state index contributed by atoms with van der Waals surface area (Å²) >= 11 is 0. The monoisotopic (exact) mass is 263 g/mol. The van der Waals surface area contributed by atoms with Crippen LogP contribution in [0, 0.1) is 5.92 Å². The minimum atomic E-state index is -1.10. The van der Waals surface area contributed by atoms with E-state index in [1.165, 1.54) is 12.1 Å². The van der Waals surface area contributed by atoms with E-state index in [1.807, 2.05) is 0 Å². The van der Waals surface area contributed by atoms with E-state index in [0.29, 0.717) is 13.1 Å². The second kappa shape index (κ2) is 5.84. The van der Waals surface area contributed by atoms with Gasteiger partial charge in [-0.05, 0) is 30.9 Å². The Bertz CT molecular complexity index is 486. The van der Waals surface area contributed by atoms with Crippen LogP contribution in [-0.4, -0.2) is 46.7 Å². The van der Waals surface area contributed by atoms with Gasteiger partial charge in [0.2, 0.25) is 0 Å². The van der Waals surface area contributed by atoms with Crippen molar-refractivity contribution < 1.29 is 19.8 Å². The number of aliphatic hydroxyl groups excluding tert-OH is 1. The highest BCUT2D eigenvalue weighted by atomic mass is 16.4. The highest BCUT2D eigenvalue weighted by Crippen LogP contribution is 2.19. The smallest absolute Gasteiger partial charge is 0.336 e. The van der Waals surface area contributed by atoms with Gasteiger partial charge in [0, 0.05) is 19.7 Å². The highest BCUT2D eigenvalue weighted by Gasteiger charge is 2.26. The minimum Gasteiger partial charge on any atom is -0.478 e. The molecule has 1 aromatic rings. The van der Waals surface area contributed by atoms with Crippen LogP contribution in [0.5, 0.6) is 0 Å².